The number of halogens is 1. The second-order valence-corrected chi connectivity index (χ2v) is 5.77. The Kier molecular flexibility index (Phi) is 5.38. The van der Waals surface area contributed by atoms with Crippen LogP contribution in [0.25, 0.3) is 10.8 Å². The van der Waals surface area contributed by atoms with Gasteiger partial charge in [-0.05, 0) is 35.3 Å². The predicted octanol–water partition coefficient (Wildman–Crippen LogP) is 2.92. The van der Waals surface area contributed by atoms with Crippen molar-refractivity contribution in [2.75, 3.05) is 12.0 Å². The van der Waals surface area contributed by atoms with Gasteiger partial charge in [-0.2, -0.15) is 11.8 Å². The van der Waals surface area contributed by atoms with Crippen molar-refractivity contribution < 1.29 is 19.1 Å². The first-order valence-electron chi connectivity index (χ1n) is 6.74. The topological polar surface area (TPSA) is 66.4 Å². The molecule has 0 saturated carbocycles. The fraction of sp³-hybridized carbons (Fsp3) is 0.250. The average molecular weight is 321 g/mol. The monoisotopic (exact) mass is 321 g/mol. The Morgan fingerprint density at radius 1 is 1.27 bits per heavy atom. The van der Waals surface area contributed by atoms with E-state index < -0.39 is 23.7 Å². The normalized spacial score (nSPS) is 12.1. The molecule has 22 heavy (non-hydrogen) atoms. The van der Waals surface area contributed by atoms with Gasteiger partial charge in [-0.3, -0.25) is 4.79 Å². The van der Waals surface area contributed by atoms with Crippen LogP contribution in [0.15, 0.2) is 36.4 Å². The predicted molar refractivity (Wildman–Crippen MR) is 85.8 cm³/mol. The van der Waals surface area contributed by atoms with Crippen LogP contribution in [-0.4, -0.2) is 35.0 Å². The number of nitrogens with one attached hydrogen (secondary N) is 1. The van der Waals surface area contributed by atoms with Crippen LogP contribution < -0.4 is 5.32 Å². The van der Waals surface area contributed by atoms with E-state index in [9.17, 15) is 14.0 Å². The SMILES string of the molecule is CSCCC(NC(=O)c1c(F)ccc2ccccc12)C(=O)O. The Morgan fingerprint density at radius 3 is 2.68 bits per heavy atom. The Balaban J connectivity index is 2.32. The molecule has 2 aromatic rings. The van der Waals surface area contributed by atoms with Crippen LogP contribution in [0.1, 0.15) is 16.8 Å². The number of carbonyl (C=O) groups excluding carboxylic acids is 1. The van der Waals surface area contributed by atoms with Crippen LogP contribution in [0.3, 0.4) is 0 Å². The lowest BCUT2D eigenvalue weighted by atomic mass is 10.0. The molecule has 1 atom stereocenters. The van der Waals surface area contributed by atoms with Gasteiger partial charge in [0.1, 0.15) is 11.9 Å². The van der Waals surface area contributed by atoms with Crippen LogP contribution in [0.2, 0.25) is 0 Å². The number of hydrogen-bond acceptors (Lipinski definition) is 3. The Labute approximate surface area is 131 Å². The number of fused-ring (bicyclic) bond motifs is 1. The van der Waals surface area contributed by atoms with Gasteiger partial charge < -0.3 is 10.4 Å². The molecule has 2 rings (SSSR count). The van der Waals surface area contributed by atoms with Gasteiger partial charge in [-0.25, -0.2) is 9.18 Å². The number of thioether (sulfide) groups is 1. The van der Waals surface area contributed by atoms with Crippen LogP contribution in [-0.2, 0) is 4.79 Å². The minimum Gasteiger partial charge on any atom is -0.480 e. The van der Waals surface area contributed by atoms with E-state index in [1.807, 2.05) is 6.26 Å². The van der Waals surface area contributed by atoms with Crippen LogP contribution >= 0.6 is 11.8 Å². The van der Waals surface area contributed by atoms with Crippen molar-refractivity contribution in [2.45, 2.75) is 12.5 Å². The summed E-state index contributed by atoms with van der Waals surface area (Å²) in [5.74, 6) is -1.90. The largest absolute Gasteiger partial charge is 0.480 e. The summed E-state index contributed by atoms with van der Waals surface area (Å²) in [6, 6.07) is 8.69. The maximum absolute atomic E-state index is 14.1. The van der Waals surface area contributed by atoms with Crippen molar-refractivity contribution in [3.8, 4) is 0 Å². The molecule has 4 nitrogen and oxygen atoms in total. The highest BCUT2D eigenvalue weighted by Gasteiger charge is 2.23. The average Bonchev–Trinajstić information content (AvgIpc) is 2.50. The minimum atomic E-state index is -1.12. The number of benzene rings is 2. The fourth-order valence-corrected chi connectivity index (χ4v) is 2.67. The molecule has 0 fully saturated rings. The van der Waals surface area contributed by atoms with E-state index in [1.165, 1.54) is 17.8 Å². The van der Waals surface area contributed by atoms with Gasteiger partial charge in [0.15, 0.2) is 0 Å². The summed E-state index contributed by atoms with van der Waals surface area (Å²) in [6.45, 7) is 0. The number of aliphatic carboxylic acids is 1. The first-order chi connectivity index (χ1) is 10.5. The van der Waals surface area contributed by atoms with E-state index in [4.69, 9.17) is 5.11 Å². The van der Waals surface area contributed by atoms with Crippen molar-refractivity contribution in [1.82, 2.24) is 5.32 Å². The zero-order chi connectivity index (χ0) is 16.1. The molecule has 0 spiro atoms. The molecule has 0 aromatic heterocycles. The highest BCUT2D eigenvalue weighted by Crippen LogP contribution is 2.21. The van der Waals surface area contributed by atoms with E-state index in [1.54, 1.807) is 30.3 Å². The molecular weight excluding hydrogens is 305 g/mol. The van der Waals surface area contributed by atoms with Gasteiger partial charge in [0, 0.05) is 0 Å². The lowest BCUT2D eigenvalue weighted by Gasteiger charge is -2.15. The molecule has 0 aliphatic carbocycles. The summed E-state index contributed by atoms with van der Waals surface area (Å²) >= 11 is 1.49. The maximum Gasteiger partial charge on any atom is 0.326 e. The Hall–Kier alpha value is -2.08. The molecule has 2 N–H and O–H groups in total. The number of hydrogen-bond donors (Lipinski definition) is 2. The smallest absolute Gasteiger partial charge is 0.326 e. The summed E-state index contributed by atoms with van der Waals surface area (Å²) in [4.78, 5) is 23.5. The molecule has 0 saturated heterocycles. The van der Waals surface area contributed by atoms with E-state index in [2.05, 4.69) is 5.32 Å². The third-order valence-electron chi connectivity index (χ3n) is 3.32. The van der Waals surface area contributed by atoms with Crippen LogP contribution in [0.4, 0.5) is 4.39 Å². The van der Waals surface area contributed by atoms with Crippen molar-refractivity contribution in [3.63, 3.8) is 0 Å². The fourth-order valence-electron chi connectivity index (χ4n) is 2.20. The van der Waals surface area contributed by atoms with Gasteiger partial charge in [-0.1, -0.05) is 30.3 Å². The summed E-state index contributed by atoms with van der Waals surface area (Å²) in [7, 11) is 0. The zero-order valence-electron chi connectivity index (χ0n) is 12.0. The molecule has 6 heteroatoms. The number of carboxylic acid groups (broad SMARTS) is 1. The number of carboxylic acids is 1. The summed E-state index contributed by atoms with van der Waals surface area (Å²) in [6.07, 6.45) is 2.14. The first-order valence-corrected chi connectivity index (χ1v) is 8.14. The zero-order valence-corrected chi connectivity index (χ0v) is 12.8. The standard InChI is InChI=1S/C16H16FNO3S/c1-22-9-8-13(16(20)21)18-15(19)14-11-5-3-2-4-10(11)6-7-12(14)17/h2-7,13H,8-9H2,1H3,(H,18,19)(H,20,21). The minimum absolute atomic E-state index is 0.117. The molecule has 0 heterocycles. The van der Waals surface area contributed by atoms with E-state index in [0.29, 0.717) is 11.1 Å². The lowest BCUT2D eigenvalue weighted by Crippen LogP contribution is -2.41. The van der Waals surface area contributed by atoms with Crippen molar-refractivity contribution in [1.29, 1.82) is 0 Å². The third-order valence-corrected chi connectivity index (χ3v) is 3.96. The second kappa shape index (κ2) is 7.26. The molecule has 0 aliphatic heterocycles. The van der Waals surface area contributed by atoms with Gasteiger partial charge in [0.2, 0.25) is 0 Å². The number of amides is 1. The van der Waals surface area contributed by atoms with Gasteiger partial charge >= 0.3 is 5.97 Å². The number of rotatable bonds is 6. The highest BCUT2D eigenvalue weighted by molar-refractivity contribution is 7.98. The number of carbonyl (C=O) groups is 2. The summed E-state index contributed by atoms with van der Waals surface area (Å²) in [5.41, 5.74) is -0.117. The molecule has 2 aromatic carbocycles. The molecule has 0 radical (unpaired) electrons. The van der Waals surface area contributed by atoms with Crippen LogP contribution in [0.5, 0.6) is 0 Å². The van der Waals surface area contributed by atoms with Crippen molar-refractivity contribution >= 4 is 34.4 Å². The van der Waals surface area contributed by atoms with E-state index in [-0.39, 0.29) is 12.0 Å². The molecular formula is C16H16FNO3S. The van der Waals surface area contributed by atoms with Gasteiger partial charge in [0.05, 0.1) is 5.56 Å². The maximum atomic E-state index is 14.1. The molecule has 1 unspecified atom stereocenters. The summed E-state index contributed by atoms with van der Waals surface area (Å²) < 4.78 is 14.1. The van der Waals surface area contributed by atoms with Crippen molar-refractivity contribution in [2.24, 2.45) is 0 Å². The molecule has 0 aliphatic rings. The third kappa shape index (κ3) is 3.57. The quantitative estimate of drug-likeness (QED) is 0.858. The van der Waals surface area contributed by atoms with Crippen molar-refractivity contribution in [3.05, 3.63) is 47.8 Å². The Morgan fingerprint density at radius 2 is 2.00 bits per heavy atom. The summed E-state index contributed by atoms with van der Waals surface area (Å²) in [5, 5.41) is 12.8. The van der Waals surface area contributed by atoms with E-state index >= 15 is 0 Å². The highest BCUT2D eigenvalue weighted by atomic mass is 32.2. The lowest BCUT2D eigenvalue weighted by molar-refractivity contribution is -0.139. The van der Waals surface area contributed by atoms with Gasteiger partial charge in [-0.15, -0.1) is 0 Å². The second-order valence-electron chi connectivity index (χ2n) is 4.79. The Bertz CT molecular complexity index is 705. The van der Waals surface area contributed by atoms with Crippen LogP contribution in [0, 0.1) is 5.82 Å². The first kappa shape index (κ1) is 16.3. The van der Waals surface area contributed by atoms with E-state index in [0.717, 1.165) is 5.39 Å². The van der Waals surface area contributed by atoms with Gasteiger partial charge in [0.25, 0.3) is 5.91 Å². The molecule has 0 bridgehead atoms. The molecule has 116 valence electrons. The molecule has 1 amide bonds.